The largest absolute Gasteiger partial charge is 0.466 e. The van der Waals surface area contributed by atoms with Crippen LogP contribution in [0.4, 0.5) is 0 Å². The lowest BCUT2D eigenvalue weighted by atomic mass is 10.1. The molecule has 0 fully saturated rings. The SMILES string of the molecule is CCCC/C(=C\OS(=O)(=O)c1ccc(C)cc1)C(=O)OC. The average Bonchev–Trinajstić information content (AvgIpc) is 2.47. The minimum Gasteiger partial charge on any atom is -0.466 e. The molecular weight excluding hydrogens is 292 g/mol. The molecule has 0 spiro atoms. The van der Waals surface area contributed by atoms with Gasteiger partial charge in [-0.05, 0) is 31.9 Å². The average molecular weight is 312 g/mol. The van der Waals surface area contributed by atoms with Crippen molar-refractivity contribution >= 4 is 16.1 Å². The topological polar surface area (TPSA) is 69.7 Å². The summed E-state index contributed by atoms with van der Waals surface area (Å²) in [5.41, 5.74) is 1.15. The van der Waals surface area contributed by atoms with Crippen molar-refractivity contribution in [3.05, 3.63) is 41.7 Å². The smallest absolute Gasteiger partial charge is 0.338 e. The van der Waals surface area contributed by atoms with Crippen molar-refractivity contribution in [2.45, 2.75) is 38.0 Å². The highest BCUT2D eigenvalue weighted by atomic mass is 32.2. The number of hydrogen-bond acceptors (Lipinski definition) is 5. The van der Waals surface area contributed by atoms with Crippen molar-refractivity contribution < 1.29 is 22.1 Å². The van der Waals surface area contributed by atoms with E-state index in [0.29, 0.717) is 6.42 Å². The van der Waals surface area contributed by atoms with Crippen LogP contribution in [0.5, 0.6) is 0 Å². The molecule has 0 amide bonds. The second kappa shape index (κ2) is 7.83. The van der Waals surface area contributed by atoms with Gasteiger partial charge in [0.25, 0.3) is 0 Å². The van der Waals surface area contributed by atoms with Crippen LogP contribution in [0.1, 0.15) is 31.7 Å². The molecule has 1 aromatic rings. The second-order valence-corrected chi connectivity index (χ2v) is 6.17. The molecule has 6 heteroatoms. The first-order valence-electron chi connectivity index (χ1n) is 6.68. The van der Waals surface area contributed by atoms with E-state index < -0.39 is 16.1 Å². The Labute approximate surface area is 125 Å². The number of methoxy groups -OCH3 is 1. The molecule has 116 valence electrons. The Morgan fingerprint density at radius 1 is 1.24 bits per heavy atom. The summed E-state index contributed by atoms with van der Waals surface area (Å²) < 4.78 is 33.5. The standard InChI is InChI=1S/C15H20O5S/c1-4-5-6-13(15(16)19-3)11-20-21(17,18)14-9-7-12(2)8-10-14/h7-11H,4-6H2,1-3H3/b13-11+. The van der Waals surface area contributed by atoms with Gasteiger partial charge in [0.1, 0.15) is 11.2 Å². The summed E-state index contributed by atoms with van der Waals surface area (Å²) in [4.78, 5) is 11.6. The Balaban J connectivity index is 2.92. The van der Waals surface area contributed by atoms with Crippen molar-refractivity contribution in [3.63, 3.8) is 0 Å². The first-order chi connectivity index (χ1) is 9.90. The molecule has 21 heavy (non-hydrogen) atoms. The lowest BCUT2D eigenvalue weighted by Crippen LogP contribution is -2.08. The van der Waals surface area contributed by atoms with E-state index in [-0.39, 0.29) is 10.5 Å². The van der Waals surface area contributed by atoms with Gasteiger partial charge in [0.2, 0.25) is 0 Å². The van der Waals surface area contributed by atoms with Crippen LogP contribution in [0.2, 0.25) is 0 Å². The van der Waals surface area contributed by atoms with E-state index in [2.05, 4.69) is 4.74 Å². The van der Waals surface area contributed by atoms with E-state index in [9.17, 15) is 13.2 Å². The number of benzene rings is 1. The molecule has 0 N–H and O–H groups in total. The van der Waals surface area contributed by atoms with Gasteiger partial charge in [0.15, 0.2) is 0 Å². The number of carbonyl (C=O) groups is 1. The van der Waals surface area contributed by atoms with Crippen molar-refractivity contribution in [2.24, 2.45) is 0 Å². The highest BCUT2D eigenvalue weighted by molar-refractivity contribution is 7.86. The summed E-state index contributed by atoms with van der Waals surface area (Å²) in [6.45, 7) is 3.83. The molecule has 0 aliphatic carbocycles. The highest BCUT2D eigenvalue weighted by Crippen LogP contribution is 2.16. The number of rotatable bonds is 7. The van der Waals surface area contributed by atoms with Crippen LogP contribution in [0, 0.1) is 6.92 Å². The van der Waals surface area contributed by atoms with Gasteiger partial charge >= 0.3 is 16.1 Å². The van der Waals surface area contributed by atoms with Gasteiger partial charge in [-0.3, -0.25) is 0 Å². The van der Waals surface area contributed by atoms with Crippen molar-refractivity contribution in [1.29, 1.82) is 0 Å². The van der Waals surface area contributed by atoms with Crippen LogP contribution in [-0.2, 0) is 23.8 Å². The quantitative estimate of drug-likeness (QED) is 0.335. The summed E-state index contributed by atoms with van der Waals surface area (Å²) in [7, 11) is -2.68. The van der Waals surface area contributed by atoms with Crippen molar-refractivity contribution in [1.82, 2.24) is 0 Å². The minimum atomic E-state index is -3.92. The molecule has 0 saturated heterocycles. The second-order valence-electron chi connectivity index (χ2n) is 4.60. The Kier molecular flexibility index (Phi) is 6.42. The van der Waals surface area contributed by atoms with Gasteiger partial charge in [-0.2, -0.15) is 8.42 Å². The fourth-order valence-corrected chi connectivity index (χ4v) is 2.41. The number of ether oxygens (including phenoxy) is 1. The molecule has 1 aromatic carbocycles. The third kappa shape index (κ3) is 5.23. The normalized spacial score (nSPS) is 12.0. The van der Waals surface area contributed by atoms with Crippen LogP contribution in [0.25, 0.3) is 0 Å². The molecule has 0 bridgehead atoms. The molecule has 0 aliphatic heterocycles. The van der Waals surface area contributed by atoms with Crippen LogP contribution in [-0.4, -0.2) is 21.5 Å². The van der Waals surface area contributed by atoms with Gasteiger partial charge in [-0.15, -0.1) is 0 Å². The molecule has 0 aromatic heterocycles. The molecule has 0 radical (unpaired) electrons. The molecule has 0 atom stereocenters. The Morgan fingerprint density at radius 2 is 1.86 bits per heavy atom. The van der Waals surface area contributed by atoms with Gasteiger partial charge in [0, 0.05) is 0 Å². The predicted octanol–water partition coefficient (Wildman–Crippen LogP) is 2.95. The van der Waals surface area contributed by atoms with Crippen LogP contribution in [0.15, 0.2) is 41.0 Å². The molecule has 5 nitrogen and oxygen atoms in total. The highest BCUT2D eigenvalue weighted by Gasteiger charge is 2.16. The summed E-state index contributed by atoms with van der Waals surface area (Å²) >= 11 is 0. The maximum Gasteiger partial charge on any atom is 0.338 e. The summed E-state index contributed by atoms with van der Waals surface area (Å²) in [6, 6.07) is 6.28. The van der Waals surface area contributed by atoms with Gasteiger partial charge in [-0.1, -0.05) is 31.0 Å². The van der Waals surface area contributed by atoms with E-state index in [4.69, 9.17) is 4.18 Å². The number of aryl methyl sites for hydroxylation is 1. The number of carbonyl (C=O) groups excluding carboxylic acids is 1. The third-order valence-corrected chi connectivity index (χ3v) is 4.07. The zero-order valence-electron chi connectivity index (χ0n) is 12.5. The molecule has 0 heterocycles. The summed E-state index contributed by atoms with van der Waals surface area (Å²) in [6.07, 6.45) is 3.00. The van der Waals surface area contributed by atoms with Crippen LogP contribution < -0.4 is 0 Å². The molecular formula is C15H20O5S. The Hall–Kier alpha value is -1.82. The number of hydrogen-bond donors (Lipinski definition) is 0. The predicted molar refractivity (Wildman–Crippen MR) is 79.1 cm³/mol. The van der Waals surface area contributed by atoms with Gasteiger partial charge < -0.3 is 8.92 Å². The zero-order valence-corrected chi connectivity index (χ0v) is 13.3. The van der Waals surface area contributed by atoms with Crippen LogP contribution in [0.3, 0.4) is 0 Å². The van der Waals surface area contributed by atoms with Crippen molar-refractivity contribution in [2.75, 3.05) is 7.11 Å². The van der Waals surface area contributed by atoms with E-state index in [1.165, 1.54) is 19.2 Å². The van der Waals surface area contributed by atoms with Gasteiger partial charge in [0.05, 0.1) is 12.7 Å². The van der Waals surface area contributed by atoms with E-state index in [1.54, 1.807) is 12.1 Å². The van der Waals surface area contributed by atoms with E-state index >= 15 is 0 Å². The van der Waals surface area contributed by atoms with Gasteiger partial charge in [-0.25, -0.2) is 4.79 Å². The first-order valence-corrected chi connectivity index (χ1v) is 8.09. The molecule has 0 aliphatic rings. The maximum atomic E-state index is 12.0. The first kappa shape index (κ1) is 17.2. The van der Waals surface area contributed by atoms with E-state index in [0.717, 1.165) is 24.7 Å². The molecule has 0 unspecified atom stereocenters. The lowest BCUT2D eigenvalue weighted by molar-refractivity contribution is -0.136. The van der Waals surface area contributed by atoms with Crippen LogP contribution >= 0.6 is 0 Å². The Morgan fingerprint density at radius 3 is 2.38 bits per heavy atom. The number of unbranched alkanes of at least 4 members (excludes halogenated alkanes) is 1. The lowest BCUT2D eigenvalue weighted by Gasteiger charge is -2.07. The fraction of sp³-hybridized carbons (Fsp3) is 0.400. The third-order valence-electron chi connectivity index (χ3n) is 2.87. The number of esters is 1. The minimum absolute atomic E-state index is 0.0454. The Bertz CT molecular complexity index is 599. The molecule has 1 rings (SSSR count). The van der Waals surface area contributed by atoms with E-state index in [1.807, 2.05) is 13.8 Å². The fourth-order valence-electron chi connectivity index (χ4n) is 1.59. The zero-order chi connectivity index (χ0) is 15.9. The monoisotopic (exact) mass is 312 g/mol. The summed E-state index contributed by atoms with van der Waals surface area (Å²) in [5.74, 6) is -0.581. The molecule has 0 saturated carbocycles. The maximum absolute atomic E-state index is 12.0. The summed E-state index contributed by atoms with van der Waals surface area (Å²) in [5, 5.41) is 0. The van der Waals surface area contributed by atoms with Crippen molar-refractivity contribution in [3.8, 4) is 0 Å².